The zero-order chi connectivity index (χ0) is 13.8. The fraction of sp³-hybridized carbons (Fsp3) is 0.867. The van der Waals surface area contributed by atoms with Crippen molar-refractivity contribution < 1.29 is 14.3 Å². The monoisotopic (exact) mass is 267 g/mol. The number of piperidine rings is 1. The van der Waals surface area contributed by atoms with Crippen molar-refractivity contribution in [2.45, 2.75) is 52.0 Å². The molecule has 3 unspecified atom stereocenters. The molecule has 0 bridgehead atoms. The Balaban J connectivity index is 2.06. The lowest BCUT2D eigenvalue weighted by Gasteiger charge is -2.45. The number of carbonyl (C=O) groups excluding carboxylic acids is 2. The van der Waals surface area contributed by atoms with Crippen molar-refractivity contribution in [2.75, 3.05) is 19.7 Å². The average Bonchev–Trinajstić information content (AvgIpc) is 2.38. The highest BCUT2D eigenvalue weighted by molar-refractivity contribution is 5.99. The van der Waals surface area contributed by atoms with Crippen LogP contribution in [-0.2, 0) is 14.3 Å². The average molecular weight is 267 g/mol. The number of ether oxygens (including phenoxy) is 1. The first-order valence-electron chi connectivity index (χ1n) is 7.60. The number of Topliss-reactive ketones (excluding diaryl/α,β-unsaturated/α-hetero) is 1. The van der Waals surface area contributed by atoms with E-state index in [1.54, 1.807) is 6.92 Å². The Bertz CT molecular complexity index is 340. The summed E-state index contributed by atoms with van der Waals surface area (Å²) in [5.74, 6) is -0.275. The van der Waals surface area contributed by atoms with Crippen molar-refractivity contribution in [2.24, 2.45) is 11.8 Å². The topological polar surface area (TPSA) is 46.6 Å². The third-order valence-corrected chi connectivity index (χ3v) is 4.44. The highest BCUT2D eigenvalue weighted by atomic mass is 16.5. The number of fused-ring (bicyclic) bond motifs is 1. The number of hydrogen-bond acceptors (Lipinski definition) is 4. The van der Waals surface area contributed by atoms with Crippen molar-refractivity contribution in [1.82, 2.24) is 4.90 Å². The van der Waals surface area contributed by atoms with Gasteiger partial charge in [-0.3, -0.25) is 9.59 Å². The lowest BCUT2D eigenvalue weighted by Crippen LogP contribution is -2.52. The molecule has 4 heteroatoms. The summed E-state index contributed by atoms with van der Waals surface area (Å²) in [6.45, 7) is 6.51. The first kappa shape index (κ1) is 14.5. The molecule has 0 N–H and O–H groups in total. The number of esters is 1. The Labute approximate surface area is 115 Å². The number of ketones is 1. The Kier molecular flexibility index (Phi) is 4.97. The number of nitrogens with zero attached hydrogens (tertiary/aromatic N) is 1. The fourth-order valence-electron chi connectivity index (χ4n) is 3.60. The molecule has 1 saturated carbocycles. The Morgan fingerprint density at radius 2 is 2.21 bits per heavy atom. The molecule has 1 aliphatic carbocycles. The summed E-state index contributed by atoms with van der Waals surface area (Å²) in [6.07, 6.45) is 4.67. The van der Waals surface area contributed by atoms with Gasteiger partial charge in [0.15, 0.2) is 0 Å². The van der Waals surface area contributed by atoms with Crippen LogP contribution in [-0.4, -0.2) is 42.4 Å². The van der Waals surface area contributed by atoms with Gasteiger partial charge in [-0.05, 0) is 51.6 Å². The molecule has 0 radical (unpaired) electrons. The summed E-state index contributed by atoms with van der Waals surface area (Å²) >= 11 is 0. The zero-order valence-corrected chi connectivity index (χ0v) is 12.1. The standard InChI is InChI=1S/C15H25NO3/c1-3-7-16-8-5-6-11-9-14(17)12(10-13(11)16)15(18)19-4-2/h11-13H,3-10H2,1-2H3. The van der Waals surface area contributed by atoms with E-state index in [0.717, 1.165) is 25.9 Å². The molecule has 0 aromatic rings. The van der Waals surface area contributed by atoms with Gasteiger partial charge in [0.2, 0.25) is 0 Å². The fourth-order valence-corrected chi connectivity index (χ4v) is 3.60. The lowest BCUT2D eigenvalue weighted by molar-refractivity contribution is -0.155. The minimum atomic E-state index is -0.515. The maximum absolute atomic E-state index is 12.1. The van der Waals surface area contributed by atoms with Gasteiger partial charge in [-0.1, -0.05) is 6.92 Å². The van der Waals surface area contributed by atoms with Crippen LogP contribution in [0.25, 0.3) is 0 Å². The minimum absolute atomic E-state index is 0.0954. The summed E-state index contributed by atoms with van der Waals surface area (Å²) in [5, 5.41) is 0. The molecule has 0 aromatic heterocycles. The molecule has 1 heterocycles. The molecule has 2 fully saturated rings. The van der Waals surface area contributed by atoms with Crippen LogP contribution >= 0.6 is 0 Å². The van der Waals surface area contributed by atoms with E-state index in [-0.39, 0.29) is 11.8 Å². The summed E-state index contributed by atoms with van der Waals surface area (Å²) in [7, 11) is 0. The van der Waals surface area contributed by atoms with E-state index >= 15 is 0 Å². The molecule has 2 rings (SSSR count). The molecule has 0 amide bonds. The molecule has 0 aromatic carbocycles. The SMILES string of the molecule is CCCN1CCCC2CC(=O)C(C(=O)OCC)CC21. The van der Waals surface area contributed by atoms with Crippen molar-refractivity contribution in [3.63, 3.8) is 0 Å². The smallest absolute Gasteiger partial charge is 0.316 e. The second-order valence-corrected chi connectivity index (χ2v) is 5.72. The predicted octanol–water partition coefficient (Wildman–Crippen LogP) is 2.02. The van der Waals surface area contributed by atoms with Crippen LogP contribution in [0.1, 0.15) is 46.0 Å². The van der Waals surface area contributed by atoms with Crippen molar-refractivity contribution in [3.05, 3.63) is 0 Å². The summed E-state index contributed by atoms with van der Waals surface area (Å²) in [6, 6.07) is 0.404. The summed E-state index contributed by atoms with van der Waals surface area (Å²) in [5.41, 5.74) is 0. The highest BCUT2D eigenvalue weighted by Gasteiger charge is 2.43. The predicted molar refractivity (Wildman–Crippen MR) is 72.7 cm³/mol. The van der Waals surface area contributed by atoms with Gasteiger partial charge in [0.25, 0.3) is 0 Å². The van der Waals surface area contributed by atoms with Crippen LogP contribution in [0.3, 0.4) is 0 Å². The molecule has 0 spiro atoms. The quantitative estimate of drug-likeness (QED) is 0.577. The van der Waals surface area contributed by atoms with Gasteiger partial charge in [-0.15, -0.1) is 0 Å². The highest BCUT2D eigenvalue weighted by Crippen LogP contribution is 2.36. The molecule has 1 saturated heterocycles. The third kappa shape index (κ3) is 3.16. The van der Waals surface area contributed by atoms with Crippen LogP contribution in [0.2, 0.25) is 0 Å². The molecule has 19 heavy (non-hydrogen) atoms. The van der Waals surface area contributed by atoms with Crippen LogP contribution in [0, 0.1) is 11.8 Å². The minimum Gasteiger partial charge on any atom is -0.465 e. The number of hydrogen-bond donors (Lipinski definition) is 0. The second kappa shape index (κ2) is 6.51. The Morgan fingerprint density at radius 1 is 1.42 bits per heavy atom. The maximum atomic E-state index is 12.1. The van der Waals surface area contributed by atoms with Crippen LogP contribution < -0.4 is 0 Å². The van der Waals surface area contributed by atoms with Crippen LogP contribution in [0.5, 0.6) is 0 Å². The van der Waals surface area contributed by atoms with E-state index in [9.17, 15) is 9.59 Å². The van der Waals surface area contributed by atoms with Crippen LogP contribution in [0.15, 0.2) is 0 Å². The number of carbonyl (C=O) groups is 2. The van der Waals surface area contributed by atoms with E-state index in [4.69, 9.17) is 4.74 Å². The summed E-state index contributed by atoms with van der Waals surface area (Å²) in [4.78, 5) is 26.5. The third-order valence-electron chi connectivity index (χ3n) is 4.44. The van der Waals surface area contributed by atoms with Gasteiger partial charge in [0, 0.05) is 12.5 Å². The van der Waals surface area contributed by atoms with E-state index in [0.29, 0.717) is 31.4 Å². The van der Waals surface area contributed by atoms with Gasteiger partial charge in [-0.2, -0.15) is 0 Å². The van der Waals surface area contributed by atoms with Crippen molar-refractivity contribution >= 4 is 11.8 Å². The molecular formula is C15H25NO3. The second-order valence-electron chi connectivity index (χ2n) is 5.72. The van der Waals surface area contributed by atoms with E-state index in [1.165, 1.54) is 6.42 Å². The van der Waals surface area contributed by atoms with Gasteiger partial charge in [0.05, 0.1) is 6.61 Å². The first-order chi connectivity index (χ1) is 9.17. The Morgan fingerprint density at radius 3 is 2.89 bits per heavy atom. The van der Waals surface area contributed by atoms with Gasteiger partial charge in [-0.25, -0.2) is 0 Å². The number of likely N-dealkylation sites (tertiary alicyclic amines) is 1. The lowest BCUT2D eigenvalue weighted by atomic mass is 9.73. The van der Waals surface area contributed by atoms with Gasteiger partial charge in [0.1, 0.15) is 11.7 Å². The molecule has 4 nitrogen and oxygen atoms in total. The largest absolute Gasteiger partial charge is 0.465 e. The van der Waals surface area contributed by atoms with Gasteiger partial charge >= 0.3 is 5.97 Å². The van der Waals surface area contributed by atoms with E-state index in [1.807, 2.05) is 0 Å². The first-order valence-corrected chi connectivity index (χ1v) is 7.60. The van der Waals surface area contributed by atoms with Crippen molar-refractivity contribution in [1.29, 1.82) is 0 Å². The molecule has 2 aliphatic rings. The zero-order valence-electron chi connectivity index (χ0n) is 12.1. The van der Waals surface area contributed by atoms with E-state index in [2.05, 4.69) is 11.8 Å². The normalized spacial score (nSPS) is 31.9. The maximum Gasteiger partial charge on any atom is 0.316 e. The Hall–Kier alpha value is -0.900. The molecular weight excluding hydrogens is 242 g/mol. The van der Waals surface area contributed by atoms with Crippen molar-refractivity contribution in [3.8, 4) is 0 Å². The van der Waals surface area contributed by atoms with E-state index < -0.39 is 5.92 Å². The summed E-state index contributed by atoms with van der Waals surface area (Å²) < 4.78 is 5.05. The number of rotatable bonds is 4. The van der Waals surface area contributed by atoms with Gasteiger partial charge < -0.3 is 9.64 Å². The molecule has 1 aliphatic heterocycles. The van der Waals surface area contributed by atoms with Crippen LogP contribution in [0.4, 0.5) is 0 Å². The molecule has 108 valence electrons. The molecule has 3 atom stereocenters.